The predicted molar refractivity (Wildman–Crippen MR) is 79.4 cm³/mol. The van der Waals surface area contributed by atoms with Crippen LogP contribution in [0.5, 0.6) is 0 Å². The number of aromatic nitrogens is 2. The minimum Gasteiger partial charge on any atom is -0.296 e. The molecule has 0 aliphatic heterocycles. The van der Waals surface area contributed by atoms with Gasteiger partial charge in [-0.25, -0.2) is 4.98 Å². The zero-order valence-electron chi connectivity index (χ0n) is 11.6. The number of hydrogen-bond acceptors (Lipinski definition) is 6. The summed E-state index contributed by atoms with van der Waals surface area (Å²) in [5.74, 6) is 2.15. The fourth-order valence-corrected chi connectivity index (χ4v) is 4.04. The van der Waals surface area contributed by atoms with E-state index in [1.807, 2.05) is 0 Å². The Balaban J connectivity index is 2.02. The van der Waals surface area contributed by atoms with E-state index in [4.69, 9.17) is 0 Å². The van der Waals surface area contributed by atoms with Gasteiger partial charge in [0.25, 0.3) is 0 Å². The van der Waals surface area contributed by atoms with Gasteiger partial charge in [-0.3, -0.25) is 5.32 Å². The lowest BCUT2D eigenvalue weighted by Crippen LogP contribution is -2.51. The van der Waals surface area contributed by atoms with Crippen LogP contribution >= 0.6 is 23.3 Å². The molecule has 0 amide bonds. The van der Waals surface area contributed by atoms with Gasteiger partial charge in [-0.2, -0.15) is 9.64 Å². The maximum absolute atomic E-state index is 9.61. The molecule has 2 rings (SSSR count). The monoisotopic (exact) mass is 296 g/mol. The van der Waals surface area contributed by atoms with Crippen molar-refractivity contribution in [1.82, 2.24) is 14.7 Å². The lowest BCUT2D eigenvalue weighted by molar-refractivity contribution is 0.370. The molecule has 1 saturated carbocycles. The molecule has 6 heteroatoms. The Morgan fingerprint density at radius 1 is 1.58 bits per heavy atom. The molecule has 1 unspecified atom stereocenters. The average molecular weight is 296 g/mol. The standard InChI is InChI=1S/C13H20N4S2/c1-4-11-15-12(19-17-11)18-8-13(7-14,10-5-6-10)16-9(2)3/h9-10,16H,4-6,8H2,1-3H3. The molecule has 1 aromatic rings. The normalized spacial score (nSPS) is 18.3. The summed E-state index contributed by atoms with van der Waals surface area (Å²) in [5, 5.41) is 13.1. The predicted octanol–water partition coefficient (Wildman–Crippen LogP) is 2.86. The van der Waals surface area contributed by atoms with E-state index in [9.17, 15) is 5.26 Å². The Bertz CT molecular complexity index is 461. The summed E-state index contributed by atoms with van der Waals surface area (Å²) in [5.41, 5.74) is -0.406. The number of nitrogens with zero attached hydrogens (tertiary/aromatic N) is 3. The van der Waals surface area contributed by atoms with Crippen LogP contribution in [0.2, 0.25) is 0 Å². The summed E-state index contributed by atoms with van der Waals surface area (Å²) in [7, 11) is 0. The molecule has 19 heavy (non-hydrogen) atoms. The van der Waals surface area contributed by atoms with Crippen LogP contribution in [-0.2, 0) is 6.42 Å². The zero-order valence-corrected chi connectivity index (χ0v) is 13.3. The first kappa shape index (κ1) is 14.8. The Morgan fingerprint density at radius 2 is 2.32 bits per heavy atom. The highest BCUT2D eigenvalue weighted by Gasteiger charge is 2.46. The minimum absolute atomic E-state index is 0.321. The molecule has 1 fully saturated rings. The van der Waals surface area contributed by atoms with Crippen molar-refractivity contribution in [3.63, 3.8) is 0 Å². The Morgan fingerprint density at radius 3 is 2.79 bits per heavy atom. The van der Waals surface area contributed by atoms with E-state index in [1.165, 1.54) is 11.5 Å². The second-order valence-corrected chi connectivity index (χ2v) is 7.25. The van der Waals surface area contributed by atoms with Crippen molar-refractivity contribution in [3.05, 3.63) is 5.82 Å². The first-order valence-electron chi connectivity index (χ1n) is 6.74. The minimum atomic E-state index is -0.406. The van der Waals surface area contributed by atoms with Crippen LogP contribution in [0.15, 0.2) is 4.34 Å². The zero-order chi connectivity index (χ0) is 13.9. The van der Waals surface area contributed by atoms with Crippen LogP contribution < -0.4 is 5.32 Å². The average Bonchev–Trinajstić information content (AvgIpc) is 3.14. The summed E-state index contributed by atoms with van der Waals surface area (Å²) in [6.07, 6.45) is 3.18. The first-order valence-corrected chi connectivity index (χ1v) is 8.50. The number of aryl methyl sites for hydroxylation is 1. The van der Waals surface area contributed by atoms with E-state index in [0.29, 0.717) is 12.0 Å². The topological polar surface area (TPSA) is 61.6 Å². The number of hydrogen-bond donors (Lipinski definition) is 1. The van der Waals surface area contributed by atoms with Crippen molar-refractivity contribution in [3.8, 4) is 6.07 Å². The van der Waals surface area contributed by atoms with Crippen LogP contribution in [-0.4, -0.2) is 26.7 Å². The molecule has 1 aliphatic rings. The van der Waals surface area contributed by atoms with Crippen LogP contribution in [0, 0.1) is 17.2 Å². The molecule has 0 aromatic carbocycles. The number of thioether (sulfide) groups is 1. The summed E-state index contributed by atoms with van der Waals surface area (Å²) < 4.78 is 5.26. The molecule has 1 aromatic heterocycles. The van der Waals surface area contributed by atoms with Crippen LogP contribution in [0.3, 0.4) is 0 Å². The van der Waals surface area contributed by atoms with Crippen LogP contribution in [0.1, 0.15) is 39.4 Å². The van der Waals surface area contributed by atoms with E-state index >= 15 is 0 Å². The third-order valence-electron chi connectivity index (χ3n) is 3.21. The molecule has 4 nitrogen and oxygen atoms in total. The third kappa shape index (κ3) is 3.68. The van der Waals surface area contributed by atoms with E-state index < -0.39 is 5.54 Å². The highest BCUT2D eigenvalue weighted by atomic mass is 32.2. The molecule has 0 radical (unpaired) electrons. The summed E-state index contributed by atoms with van der Waals surface area (Å²) >= 11 is 3.10. The molecule has 104 valence electrons. The van der Waals surface area contributed by atoms with Crippen molar-refractivity contribution >= 4 is 23.3 Å². The van der Waals surface area contributed by atoms with Gasteiger partial charge in [0.05, 0.1) is 6.07 Å². The summed E-state index contributed by atoms with van der Waals surface area (Å²) in [4.78, 5) is 4.46. The molecular weight excluding hydrogens is 276 g/mol. The molecular formula is C13H20N4S2. The fourth-order valence-electron chi connectivity index (χ4n) is 2.14. The van der Waals surface area contributed by atoms with Crippen LogP contribution in [0.4, 0.5) is 0 Å². The third-order valence-corrected chi connectivity index (χ3v) is 5.27. The second kappa shape index (κ2) is 6.21. The molecule has 1 heterocycles. The Labute approximate surface area is 123 Å². The lowest BCUT2D eigenvalue weighted by atomic mass is 9.96. The van der Waals surface area contributed by atoms with Gasteiger partial charge in [0.15, 0.2) is 4.34 Å². The lowest BCUT2D eigenvalue weighted by Gasteiger charge is -2.29. The van der Waals surface area contributed by atoms with Gasteiger partial charge in [0, 0.05) is 18.2 Å². The largest absolute Gasteiger partial charge is 0.296 e. The van der Waals surface area contributed by atoms with E-state index in [-0.39, 0.29) is 0 Å². The summed E-state index contributed by atoms with van der Waals surface area (Å²) in [6, 6.07) is 2.85. The van der Waals surface area contributed by atoms with Crippen molar-refractivity contribution in [2.45, 2.75) is 56.0 Å². The van der Waals surface area contributed by atoms with Crippen molar-refractivity contribution in [2.24, 2.45) is 5.92 Å². The van der Waals surface area contributed by atoms with Gasteiger partial charge in [0.2, 0.25) is 0 Å². The first-order chi connectivity index (χ1) is 9.09. The van der Waals surface area contributed by atoms with Crippen molar-refractivity contribution in [1.29, 1.82) is 5.26 Å². The van der Waals surface area contributed by atoms with Crippen LogP contribution in [0.25, 0.3) is 0 Å². The fraction of sp³-hybridized carbons (Fsp3) is 0.769. The molecule has 0 spiro atoms. The maximum Gasteiger partial charge on any atom is 0.170 e. The maximum atomic E-state index is 9.61. The van der Waals surface area contributed by atoms with Gasteiger partial charge in [-0.15, -0.1) is 0 Å². The quantitative estimate of drug-likeness (QED) is 0.784. The molecule has 1 atom stereocenters. The number of nitrogens with one attached hydrogen (secondary N) is 1. The number of rotatable bonds is 7. The highest BCUT2D eigenvalue weighted by Crippen LogP contribution is 2.42. The Hall–Kier alpha value is -0.640. The van der Waals surface area contributed by atoms with E-state index in [2.05, 4.69) is 41.5 Å². The van der Waals surface area contributed by atoms with E-state index in [1.54, 1.807) is 11.8 Å². The Kier molecular flexibility index (Phi) is 4.82. The number of nitriles is 1. The molecule has 0 bridgehead atoms. The molecule has 0 saturated heterocycles. The van der Waals surface area contributed by atoms with Gasteiger partial charge < -0.3 is 0 Å². The SMILES string of the molecule is CCc1nsc(SCC(C#N)(NC(C)C)C2CC2)n1. The second-order valence-electron chi connectivity index (χ2n) is 5.28. The van der Waals surface area contributed by atoms with Crippen molar-refractivity contribution in [2.75, 3.05) is 5.75 Å². The summed E-state index contributed by atoms with van der Waals surface area (Å²) in [6.45, 7) is 6.25. The smallest absolute Gasteiger partial charge is 0.170 e. The van der Waals surface area contributed by atoms with Gasteiger partial charge in [0.1, 0.15) is 11.4 Å². The molecule has 1 N–H and O–H groups in total. The van der Waals surface area contributed by atoms with Crippen molar-refractivity contribution < 1.29 is 0 Å². The van der Waals surface area contributed by atoms with E-state index in [0.717, 1.165) is 35.2 Å². The molecule has 1 aliphatic carbocycles. The van der Waals surface area contributed by atoms with Gasteiger partial charge >= 0.3 is 0 Å². The van der Waals surface area contributed by atoms with Gasteiger partial charge in [-0.1, -0.05) is 18.7 Å². The van der Waals surface area contributed by atoms with Gasteiger partial charge in [-0.05, 0) is 44.1 Å². The highest BCUT2D eigenvalue weighted by molar-refractivity contribution is 8.01.